The van der Waals surface area contributed by atoms with Gasteiger partial charge < -0.3 is 10.2 Å². The molecule has 2 nitrogen and oxygen atoms in total. The van der Waals surface area contributed by atoms with E-state index in [1.807, 2.05) is 6.92 Å². The molecule has 0 saturated heterocycles. The second-order valence-electron chi connectivity index (χ2n) is 11.0. The average molecular weight is 367 g/mol. The zero-order valence-corrected chi connectivity index (χ0v) is 17.0. The van der Waals surface area contributed by atoms with E-state index in [1.54, 1.807) is 0 Å². The van der Waals surface area contributed by atoms with Crippen molar-refractivity contribution < 1.29 is 14.6 Å². The van der Waals surface area contributed by atoms with Crippen LogP contribution in [-0.4, -0.2) is 28.6 Å². The molecule has 4 unspecified atom stereocenters. The molecule has 0 amide bonds. The Kier molecular flexibility index (Phi) is 4.96. The van der Waals surface area contributed by atoms with E-state index in [9.17, 15) is 10.2 Å². The Balaban J connectivity index is 1.55. The van der Waals surface area contributed by atoms with Gasteiger partial charge >= 0.3 is 0 Å². The maximum atomic E-state index is 15.2. The Bertz CT molecular complexity index is 520. The molecule has 0 aromatic heterocycles. The Morgan fingerprint density at radius 3 is 2.42 bits per heavy atom. The van der Waals surface area contributed by atoms with Crippen LogP contribution < -0.4 is 0 Å². The maximum Gasteiger partial charge on any atom is 0.104 e. The third-order valence-corrected chi connectivity index (χ3v) is 9.59. The monoisotopic (exact) mass is 366 g/mol. The standard InChI is InChI=1S/C23H39FO2/c1-14(8-11-25)19-4-5-20-17-12-21(24)18-13-22(2,26)9-6-16(18)15(17)7-10-23(19,20)3/h14-21,25-26H,4-13H2,1-3H3/t14?,15?,16-,17-,18?,19-,20?,21-,22-,23-/m1/s1. The molecule has 0 spiro atoms. The maximum absolute atomic E-state index is 15.2. The van der Waals surface area contributed by atoms with Gasteiger partial charge in [0, 0.05) is 6.61 Å². The number of hydrogen-bond donors (Lipinski definition) is 2. The van der Waals surface area contributed by atoms with Crippen molar-refractivity contribution in [2.45, 2.75) is 90.3 Å². The molecule has 4 fully saturated rings. The second-order valence-corrected chi connectivity index (χ2v) is 11.0. The van der Waals surface area contributed by atoms with Gasteiger partial charge in [0.05, 0.1) is 5.60 Å². The van der Waals surface area contributed by atoms with Gasteiger partial charge in [-0.25, -0.2) is 4.39 Å². The number of rotatable bonds is 3. The first-order valence-corrected chi connectivity index (χ1v) is 11.2. The van der Waals surface area contributed by atoms with Gasteiger partial charge in [-0.3, -0.25) is 0 Å². The zero-order valence-electron chi connectivity index (χ0n) is 17.0. The number of alkyl halides is 1. The summed E-state index contributed by atoms with van der Waals surface area (Å²) in [5, 5.41) is 19.9. The van der Waals surface area contributed by atoms with Crippen LogP contribution in [0.2, 0.25) is 0 Å². The van der Waals surface area contributed by atoms with Crippen molar-refractivity contribution in [2.24, 2.45) is 46.8 Å². The van der Waals surface area contributed by atoms with Crippen LogP contribution in [-0.2, 0) is 0 Å². The molecule has 10 atom stereocenters. The molecule has 3 heteroatoms. The highest BCUT2D eigenvalue weighted by molar-refractivity contribution is 5.08. The minimum atomic E-state index is -0.718. The lowest BCUT2D eigenvalue weighted by molar-refractivity contribution is -0.128. The van der Waals surface area contributed by atoms with E-state index in [2.05, 4.69) is 13.8 Å². The van der Waals surface area contributed by atoms with Crippen molar-refractivity contribution >= 4 is 0 Å². The van der Waals surface area contributed by atoms with Gasteiger partial charge in [0.25, 0.3) is 0 Å². The molecule has 0 aromatic carbocycles. The Hall–Kier alpha value is -0.150. The van der Waals surface area contributed by atoms with Crippen LogP contribution in [0.25, 0.3) is 0 Å². The lowest BCUT2D eigenvalue weighted by atomic mass is 9.48. The lowest BCUT2D eigenvalue weighted by Gasteiger charge is -2.58. The number of aliphatic hydroxyl groups is 2. The van der Waals surface area contributed by atoms with E-state index in [0.717, 1.165) is 25.7 Å². The summed E-state index contributed by atoms with van der Waals surface area (Å²) in [4.78, 5) is 0. The van der Waals surface area contributed by atoms with Gasteiger partial charge in [-0.1, -0.05) is 13.8 Å². The number of aliphatic hydroxyl groups excluding tert-OH is 1. The van der Waals surface area contributed by atoms with Gasteiger partial charge in [0.15, 0.2) is 0 Å². The number of hydrogen-bond acceptors (Lipinski definition) is 2. The molecule has 0 aromatic rings. The minimum Gasteiger partial charge on any atom is -0.396 e. The van der Waals surface area contributed by atoms with Gasteiger partial charge in [0.1, 0.15) is 6.17 Å². The molecule has 0 heterocycles. The minimum absolute atomic E-state index is 0.0925. The SMILES string of the molecule is CC(CCO)[C@H]1CCC2[C@@H]3C[C@@H](F)C4C[C@](C)(O)CC[C@@H]4C3CC[C@@]21C. The van der Waals surface area contributed by atoms with E-state index in [0.29, 0.717) is 54.0 Å². The molecule has 4 saturated carbocycles. The summed E-state index contributed by atoms with van der Waals surface area (Å²) in [6, 6.07) is 0. The smallest absolute Gasteiger partial charge is 0.104 e. The third-order valence-electron chi connectivity index (χ3n) is 9.59. The largest absolute Gasteiger partial charge is 0.396 e. The van der Waals surface area contributed by atoms with Crippen molar-refractivity contribution in [3.63, 3.8) is 0 Å². The van der Waals surface area contributed by atoms with Crippen LogP contribution in [0.3, 0.4) is 0 Å². The predicted octanol–water partition coefficient (Wildman–Crippen LogP) is 4.97. The molecule has 0 bridgehead atoms. The van der Waals surface area contributed by atoms with E-state index in [-0.39, 0.29) is 5.92 Å². The molecular weight excluding hydrogens is 327 g/mol. The van der Waals surface area contributed by atoms with Gasteiger partial charge in [-0.2, -0.15) is 0 Å². The highest BCUT2D eigenvalue weighted by atomic mass is 19.1. The molecule has 2 N–H and O–H groups in total. The van der Waals surface area contributed by atoms with Crippen LogP contribution in [0.5, 0.6) is 0 Å². The summed E-state index contributed by atoms with van der Waals surface area (Å²) in [6.45, 7) is 7.01. The molecule has 4 aliphatic carbocycles. The first-order chi connectivity index (χ1) is 12.3. The van der Waals surface area contributed by atoms with E-state index >= 15 is 4.39 Å². The highest BCUT2D eigenvalue weighted by Gasteiger charge is 2.59. The first-order valence-electron chi connectivity index (χ1n) is 11.2. The van der Waals surface area contributed by atoms with Gasteiger partial charge in [0.2, 0.25) is 0 Å². The topological polar surface area (TPSA) is 40.5 Å². The number of fused-ring (bicyclic) bond motifs is 5. The summed E-state index contributed by atoms with van der Waals surface area (Å²) >= 11 is 0. The molecule has 4 aliphatic rings. The van der Waals surface area contributed by atoms with Crippen molar-refractivity contribution in [3.05, 3.63) is 0 Å². The summed E-state index contributed by atoms with van der Waals surface area (Å²) in [5.74, 6) is 3.79. The van der Waals surface area contributed by atoms with Crippen LogP contribution in [0.1, 0.15) is 78.6 Å². The predicted molar refractivity (Wildman–Crippen MR) is 102 cm³/mol. The van der Waals surface area contributed by atoms with Crippen molar-refractivity contribution in [2.75, 3.05) is 6.61 Å². The normalized spacial score (nSPS) is 54.9. The average Bonchev–Trinajstić information content (AvgIpc) is 2.92. The van der Waals surface area contributed by atoms with E-state index in [1.165, 1.54) is 25.7 Å². The summed E-state index contributed by atoms with van der Waals surface area (Å²) in [7, 11) is 0. The fourth-order valence-electron chi connectivity index (χ4n) is 8.38. The van der Waals surface area contributed by atoms with Crippen molar-refractivity contribution in [1.82, 2.24) is 0 Å². The van der Waals surface area contributed by atoms with Crippen LogP contribution >= 0.6 is 0 Å². The molecular formula is C23H39FO2. The Morgan fingerprint density at radius 1 is 1.00 bits per heavy atom. The fourth-order valence-corrected chi connectivity index (χ4v) is 8.38. The third kappa shape index (κ3) is 2.96. The summed E-state index contributed by atoms with van der Waals surface area (Å²) in [5.41, 5.74) is -0.303. The zero-order chi connectivity index (χ0) is 18.7. The summed E-state index contributed by atoms with van der Waals surface area (Å²) < 4.78 is 15.2. The van der Waals surface area contributed by atoms with Crippen LogP contribution in [0, 0.1) is 46.8 Å². The van der Waals surface area contributed by atoms with E-state index < -0.39 is 11.8 Å². The quantitative estimate of drug-likeness (QED) is 0.740. The Morgan fingerprint density at radius 2 is 1.69 bits per heavy atom. The molecule has 0 radical (unpaired) electrons. The summed E-state index contributed by atoms with van der Waals surface area (Å²) in [6.07, 6.45) is 8.55. The van der Waals surface area contributed by atoms with Gasteiger partial charge in [-0.05, 0) is 112 Å². The molecule has 4 rings (SSSR count). The molecule has 0 aliphatic heterocycles. The fraction of sp³-hybridized carbons (Fsp3) is 1.00. The molecule has 150 valence electrons. The van der Waals surface area contributed by atoms with Crippen LogP contribution in [0.4, 0.5) is 4.39 Å². The number of halogens is 1. The van der Waals surface area contributed by atoms with Crippen molar-refractivity contribution in [3.8, 4) is 0 Å². The highest BCUT2D eigenvalue weighted by Crippen LogP contribution is 2.66. The lowest BCUT2D eigenvalue weighted by Crippen LogP contribution is -2.54. The molecule has 26 heavy (non-hydrogen) atoms. The Labute approximate surface area is 158 Å². The van der Waals surface area contributed by atoms with Crippen molar-refractivity contribution in [1.29, 1.82) is 0 Å². The van der Waals surface area contributed by atoms with E-state index in [4.69, 9.17) is 0 Å². The van der Waals surface area contributed by atoms with Gasteiger partial charge in [-0.15, -0.1) is 0 Å². The second kappa shape index (κ2) is 6.72. The van der Waals surface area contributed by atoms with Crippen LogP contribution in [0.15, 0.2) is 0 Å². The first kappa shape index (κ1) is 19.2.